The highest BCUT2D eigenvalue weighted by Gasteiger charge is 2.23. The van der Waals surface area contributed by atoms with Crippen LogP contribution in [0.4, 0.5) is 4.79 Å². The van der Waals surface area contributed by atoms with E-state index in [1.165, 1.54) is 50.5 Å². The molecule has 0 radical (unpaired) electrons. The molecule has 162 valence electrons. The molecule has 0 aliphatic heterocycles. The summed E-state index contributed by atoms with van der Waals surface area (Å²) in [5, 5.41) is 0. The number of hydrogen-bond acceptors (Lipinski definition) is 5. The maximum Gasteiger partial charge on any atom is 0.519 e. The lowest BCUT2D eigenvalue weighted by Crippen LogP contribution is -2.16. The van der Waals surface area contributed by atoms with E-state index in [1.807, 2.05) is 12.1 Å². The van der Waals surface area contributed by atoms with Crippen molar-refractivity contribution in [3.63, 3.8) is 0 Å². The molecule has 30 heavy (non-hydrogen) atoms. The molecule has 1 aliphatic rings. The first kappa shape index (κ1) is 22.3. The van der Waals surface area contributed by atoms with E-state index in [1.54, 1.807) is 24.5 Å². The van der Waals surface area contributed by atoms with Crippen LogP contribution in [0.3, 0.4) is 0 Å². The smallest absolute Gasteiger partial charge is 0.395 e. The maximum atomic E-state index is 12.1. The summed E-state index contributed by atoms with van der Waals surface area (Å²) in [5.74, 6) is 2.90. The average Bonchev–Trinajstić information content (AvgIpc) is 2.76. The Morgan fingerprint density at radius 2 is 1.57 bits per heavy atom. The number of carbonyl (C=O) groups excluding carboxylic acids is 1. The van der Waals surface area contributed by atoms with Gasteiger partial charge in [-0.25, -0.2) is 14.8 Å². The Balaban J connectivity index is 1.45. The summed E-state index contributed by atoms with van der Waals surface area (Å²) in [7, 11) is 0. The zero-order valence-corrected chi connectivity index (χ0v) is 18.3. The van der Waals surface area contributed by atoms with Crippen molar-refractivity contribution in [2.24, 2.45) is 5.92 Å². The highest BCUT2D eigenvalue weighted by molar-refractivity contribution is 5.66. The molecule has 1 saturated carbocycles. The zero-order chi connectivity index (χ0) is 21.2. The molecule has 1 fully saturated rings. The molecule has 5 heteroatoms. The van der Waals surface area contributed by atoms with Crippen LogP contribution in [0.15, 0.2) is 36.7 Å². The lowest BCUT2D eigenvalue weighted by Gasteiger charge is -2.27. The third-order valence-electron chi connectivity index (χ3n) is 5.95. The molecule has 3 rings (SSSR count). The van der Waals surface area contributed by atoms with Crippen LogP contribution < -0.4 is 9.47 Å². The topological polar surface area (TPSA) is 61.3 Å². The number of nitrogens with zero attached hydrogens (tertiary/aromatic N) is 2. The fourth-order valence-electron chi connectivity index (χ4n) is 4.22. The number of carbonyl (C=O) groups is 1. The minimum Gasteiger partial charge on any atom is -0.395 e. The Morgan fingerprint density at radius 1 is 0.900 bits per heavy atom. The van der Waals surface area contributed by atoms with E-state index in [4.69, 9.17) is 9.47 Å². The maximum absolute atomic E-state index is 12.1. The van der Waals surface area contributed by atoms with Crippen LogP contribution >= 0.6 is 0 Å². The van der Waals surface area contributed by atoms with Gasteiger partial charge in [-0.1, -0.05) is 51.7 Å². The van der Waals surface area contributed by atoms with Gasteiger partial charge in [0, 0.05) is 5.92 Å². The van der Waals surface area contributed by atoms with E-state index in [0.29, 0.717) is 17.4 Å². The predicted molar refractivity (Wildman–Crippen MR) is 118 cm³/mol. The number of unbranched alkanes of at least 4 members (excludes halogenated alkanes) is 2. The second-order valence-corrected chi connectivity index (χ2v) is 8.34. The van der Waals surface area contributed by atoms with Gasteiger partial charge in [0.1, 0.15) is 11.6 Å². The number of ether oxygens (including phenoxy) is 2. The van der Waals surface area contributed by atoms with Gasteiger partial charge in [0.15, 0.2) is 5.75 Å². The highest BCUT2D eigenvalue weighted by Crippen LogP contribution is 2.36. The molecule has 0 amide bonds. The van der Waals surface area contributed by atoms with Crippen molar-refractivity contribution in [3.05, 3.63) is 48.0 Å². The van der Waals surface area contributed by atoms with Crippen LogP contribution in [-0.2, 0) is 6.42 Å². The largest absolute Gasteiger partial charge is 0.519 e. The van der Waals surface area contributed by atoms with Gasteiger partial charge in [-0.2, -0.15) is 0 Å². The fourth-order valence-corrected chi connectivity index (χ4v) is 4.22. The molecule has 0 spiro atoms. The van der Waals surface area contributed by atoms with Gasteiger partial charge in [-0.15, -0.1) is 0 Å². The molecule has 2 aromatic rings. The van der Waals surface area contributed by atoms with Crippen molar-refractivity contribution >= 4 is 6.16 Å². The third kappa shape index (κ3) is 6.82. The number of rotatable bonds is 9. The molecular formula is C25H34N2O3. The van der Waals surface area contributed by atoms with E-state index in [2.05, 4.69) is 23.8 Å². The zero-order valence-electron chi connectivity index (χ0n) is 18.3. The summed E-state index contributed by atoms with van der Waals surface area (Å²) in [5.41, 5.74) is 1.25. The van der Waals surface area contributed by atoms with Crippen molar-refractivity contribution in [1.29, 1.82) is 0 Å². The van der Waals surface area contributed by atoms with Gasteiger partial charge in [-0.05, 0) is 62.1 Å². The summed E-state index contributed by atoms with van der Waals surface area (Å²) in [6.07, 6.45) is 14.4. The molecule has 0 bridgehead atoms. The van der Waals surface area contributed by atoms with Gasteiger partial charge < -0.3 is 9.47 Å². The summed E-state index contributed by atoms with van der Waals surface area (Å²) in [6, 6.07) is 7.59. The van der Waals surface area contributed by atoms with Crippen molar-refractivity contribution in [2.75, 3.05) is 0 Å². The molecule has 0 saturated heterocycles. The van der Waals surface area contributed by atoms with Crippen molar-refractivity contribution in [2.45, 2.75) is 84.0 Å². The Bertz CT molecular complexity index is 766. The number of aryl methyl sites for hydroxylation is 1. The summed E-state index contributed by atoms with van der Waals surface area (Å²) in [4.78, 5) is 20.9. The normalized spacial score (nSPS) is 18.7. The number of hydrogen-bond donors (Lipinski definition) is 0. The molecule has 1 aromatic heterocycles. The lowest BCUT2D eigenvalue weighted by molar-refractivity contribution is 0.151. The third-order valence-corrected chi connectivity index (χ3v) is 5.95. The molecule has 5 nitrogen and oxygen atoms in total. The first-order chi connectivity index (χ1) is 14.7. The standard InChI is InChI=1S/C25H34N2O3/c1-3-5-6-8-20-11-15-22(16-12-20)29-25(28)30-23-17-26-24(27-18-23)21-13-9-19(7-4-2)10-14-21/h11-12,15-19,21H,3-10,13-14H2,1-2H3/t19-,21-. The highest BCUT2D eigenvalue weighted by atomic mass is 16.7. The molecule has 1 aliphatic carbocycles. The van der Waals surface area contributed by atoms with Crippen LogP contribution in [0.5, 0.6) is 11.5 Å². The molecule has 0 N–H and O–H groups in total. The van der Waals surface area contributed by atoms with Gasteiger partial charge >= 0.3 is 6.16 Å². The predicted octanol–water partition coefficient (Wildman–Crippen LogP) is 6.86. The van der Waals surface area contributed by atoms with Crippen LogP contribution in [0.25, 0.3) is 0 Å². The van der Waals surface area contributed by atoms with Crippen LogP contribution in [0.1, 0.15) is 88.9 Å². The van der Waals surface area contributed by atoms with Gasteiger partial charge in [0.2, 0.25) is 0 Å². The molecule has 1 heterocycles. The summed E-state index contributed by atoms with van der Waals surface area (Å²) < 4.78 is 10.5. The van der Waals surface area contributed by atoms with Crippen LogP contribution in [0.2, 0.25) is 0 Å². The van der Waals surface area contributed by atoms with Gasteiger partial charge in [0.25, 0.3) is 0 Å². The van der Waals surface area contributed by atoms with Gasteiger partial charge in [0.05, 0.1) is 12.4 Å². The van der Waals surface area contributed by atoms with E-state index in [0.717, 1.165) is 31.0 Å². The first-order valence-corrected chi connectivity index (χ1v) is 11.5. The minimum absolute atomic E-state index is 0.305. The second kappa shape index (κ2) is 11.7. The first-order valence-electron chi connectivity index (χ1n) is 11.5. The Labute approximate surface area is 180 Å². The molecular weight excluding hydrogens is 376 g/mol. The lowest BCUT2D eigenvalue weighted by atomic mass is 9.80. The minimum atomic E-state index is -0.773. The van der Waals surface area contributed by atoms with Crippen LogP contribution in [-0.4, -0.2) is 16.1 Å². The quantitative estimate of drug-likeness (QED) is 0.257. The number of aromatic nitrogens is 2. The average molecular weight is 411 g/mol. The summed E-state index contributed by atoms with van der Waals surface area (Å²) >= 11 is 0. The Kier molecular flexibility index (Phi) is 8.66. The van der Waals surface area contributed by atoms with Crippen LogP contribution in [0, 0.1) is 5.92 Å². The Hall–Kier alpha value is -2.43. The number of benzene rings is 1. The molecule has 0 atom stereocenters. The van der Waals surface area contributed by atoms with Crippen molar-refractivity contribution < 1.29 is 14.3 Å². The molecule has 0 unspecified atom stereocenters. The van der Waals surface area contributed by atoms with E-state index in [9.17, 15) is 4.79 Å². The second-order valence-electron chi connectivity index (χ2n) is 8.34. The van der Waals surface area contributed by atoms with Gasteiger partial charge in [-0.3, -0.25) is 0 Å². The van der Waals surface area contributed by atoms with Crippen molar-refractivity contribution in [1.82, 2.24) is 9.97 Å². The van der Waals surface area contributed by atoms with E-state index >= 15 is 0 Å². The monoisotopic (exact) mass is 410 g/mol. The Morgan fingerprint density at radius 3 is 2.20 bits per heavy atom. The SMILES string of the molecule is CCCCCc1ccc(OC(=O)Oc2cnc([C@H]3CC[C@H](CCC)CC3)nc2)cc1. The van der Waals surface area contributed by atoms with E-state index in [-0.39, 0.29) is 0 Å². The van der Waals surface area contributed by atoms with E-state index < -0.39 is 6.16 Å². The van der Waals surface area contributed by atoms with Crippen molar-refractivity contribution in [3.8, 4) is 11.5 Å². The fraction of sp³-hybridized carbons (Fsp3) is 0.560. The molecule has 1 aromatic carbocycles. The summed E-state index contributed by atoms with van der Waals surface area (Å²) in [6.45, 7) is 4.45.